The molecule has 0 aromatic carbocycles. The molecule has 2 saturated heterocycles. The molecule has 0 bridgehead atoms. The minimum absolute atomic E-state index is 0.718. The Balaban J connectivity index is 1.58. The first-order chi connectivity index (χ1) is 10.3. The lowest BCUT2D eigenvalue weighted by Crippen LogP contribution is -2.34. The van der Waals surface area contributed by atoms with Crippen molar-refractivity contribution in [3.63, 3.8) is 0 Å². The van der Waals surface area contributed by atoms with E-state index >= 15 is 0 Å². The van der Waals surface area contributed by atoms with Gasteiger partial charge in [-0.1, -0.05) is 13.0 Å². The molecule has 21 heavy (non-hydrogen) atoms. The second-order valence-corrected chi connectivity index (χ2v) is 6.64. The predicted molar refractivity (Wildman–Crippen MR) is 84.3 cm³/mol. The van der Waals surface area contributed by atoms with Crippen molar-refractivity contribution in [3.8, 4) is 0 Å². The van der Waals surface area contributed by atoms with Gasteiger partial charge in [0.1, 0.15) is 5.65 Å². The SMILES string of the molecule is CCC1C2CNCC2CN1Cc1cn2cccc(C)c2n1. The molecule has 4 rings (SSSR count). The number of aromatic nitrogens is 2. The Morgan fingerprint density at radius 2 is 2.29 bits per heavy atom. The molecule has 4 heteroatoms. The van der Waals surface area contributed by atoms with Crippen molar-refractivity contribution in [1.82, 2.24) is 19.6 Å². The number of rotatable bonds is 3. The van der Waals surface area contributed by atoms with Gasteiger partial charge in [-0.15, -0.1) is 0 Å². The van der Waals surface area contributed by atoms with E-state index in [2.05, 4.69) is 53.0 Å². The van der Waals surface area contributed by atoms with Gasteiger partial charge in [0.15, 0.2) is 0 Å². The number of aryl methyl sites for hydroxylation is 1. The van der Waals surface area contributed by atoms with E-state index in [0.29, 0.717) is 0 Å². The van der Waals surface area contributed by atoms with Crippen LogP contribution in [0.2, 0.25) is 0 Å². The number of hydrogen-bond donors (Lipinski definition) is 1. The highest BCUT2D eigenvalue weighted by Crippen LogP contribution is 2.35. The predicted octanol–water partition coefficient (Wildman–Crippen LogP) is 2.07. The first kappa shape index (κ1) is 13.3. The molecule has 2 aliphatic rings. The summed E-state index contributed by atoms with van der Waals surface area (Å²) in [5, 5.41) is 3.56. The second-order valence-electron chi connectivity index (χ2n) is 6.64. The molecular formula is C17H24N4. The first-order valence-corrected chi connectivity index (χ1v) is 8.14. The van der Waals surface area contributed by atoms with Gasteiger partial charge >= 0.3 is 0 Å². The molecule has 1 N–H and O–H groups in total. The van der Waals surface area contributed by atoms with E-state index in [9.17, 15) is 0 Å². The Hall–Kier alpha value is -1.39. The number of imidazole rings is 1. The van der Waals surface area contributed by atoms with Crippen LogP contribution in [0.1, 0.15) is 24.6 Å². The first-order valence-electron chi connectivity index (χ1n) is 8.14. The summed E-state index contributed by atoms with van der Waals surface area (Å²) in [7, 11) is 0. The molecule has 2 fully saturated rings. The van der Waals surface area contributed by atoms with Crippen LogP contribution in [0.15, 0.2) is 24.5 Å². The number of hydrogen-bond acceptors (Lipinski definition) is 3. The quantitative estimate of drug-likeness (QED) is 0.936. The molecule has 2 aromatic heterocycles. The molecule has 0 amide bonds. The molecule has 0 radical (unpaired) electrons. The minimum Gasteiger partial charge on any atom is -0.316 e. The summed E-state index contributed by atoms with van der Waals surface area (Å²) < 4.78 is 2.16. The average Bonchev–Trinajstić information content (AvgIpc) is 3.13. The van der Waals surface area contributed by atoms with Crippen LogP contribution >= 0.6 is 0 Å². The van der Waals surface area contributed by atoms with Crippen LogP contribution < -0.4 is 5.32 Å². The third kappa shape index (κ3) is 2.17. The Morgan fingerprint density at radius 1 is 1.38 bits per heavy atom. The zero-order valence-electron chi connectivity index (χ0n) is 12.9. The van der Waals surface area contributed by atoms with Crippen molar-refractivity contribution in [1.29, 1.82) is 0 Å². The summed E-state index contributed by atoms with van der Waals surface area (Å²) in [6.45, 7) is 9.07. The van der Waals surface area contributed by atoms with Crippen molar-refractivity contribution in [2.75, 3.05) is 19.6 Å². The van der Waals surface area contributed by atoms with Crippen LogP contribution in [-0.4, -0.2) is 40.0 Å². The average molecular weight is 284 g/mol. The lowest BCUT2D eigenvalue weighted by atomic mass is 9.93. The minimum atomic E-state index is 0.718. The van der Waals surface area contributed by atoms with E-state index in [1.54, 1.807) is 0 Å². The molecule has 3 atom stereocenters. The zero-order chi connectivity index (χ0) is 14.4. The Bertz CT molecular complexity index is 647. The van der Waals surface area contributed by atoms with Crippen molar-refractivity contribution in [3.05, 3.63) is 35.8 Å². The smallest absolute Gasteiger partial charge is 0.139 e. The van der Waals surface area contributed by atoms with Crippen LogP contribution in [0, 0.1) is 18.8 Å². The summed E-state index contributed by atoms with van der Waals surface area (Å²) in [4.78, 5) is 7.50. The second kappa shape index (κ2) is 5.11. The summed E-state index contributed by atoms with van der Waals surface area (Å²) in [5.74, 6) is 1.68. The highest BCUT2D eigenvalue weighted by atomic mass is 15.2. The molecule has 4 heterocycles. The van der Waals surface area contributed by atoms with Gasteiger partial charge in [0, 0.05) is 31.5 Å². The number of fused-ring (bicyclic) bond motifs is 2. The Morgan fingerprint density at radius 3 is 3.10 bits per heavy atom. The summed E-state index contributed by atoms with van der Waals surface area (Å²) in [5.41, 5.74) is 3.55. The van der Waals surface area contributed by atoms with Crippen LogP contribution in [0.5, 0.6) is 0 Å². The fourth-order valence-corrected chi connectivity index (χ4v) is 4.34. The number of likely N-dealkylation sites (tertiary alicyclic amines) is 1. The van der Waals surface area contributed by atoms with E-state index < -0.39 is 0 Å². The Kier molecular flexibility index (Phi) is 3.23. The summed E-state index contributed by atoms with van der Waals surface area (Å²) in [6, 6.07) is 4.94. The molecule has 0 spiro atoms. The highest BCUT2D eigenvalue weighted by Gasteiger charge is 2.43. The van der Waals surface area contributed by atoms with Crippen LogP contribution in [0.4, 0.5) is 0 Å². The van der Waals surface area contributed by atoms with Gasteiger partial charge in [0.25, 0.3) is 0 Å². The van der Waals surface area contributed by atoms with Gasteiger partial charge in [0.05, 0.1) is 5.69 Å². The maximum atomic E-state index is 4.84. The van der Waals surface area contributed by atoms with Gasteiger partial charge in [-0.05, 0) is 49.9 Å². The molecule has 2 aromatic rings. The van der Waals surface area contributed by atoms with E-state index in [1.807, 2.05) is 0 Å². The number of nitrogens with one attached hydrogen (secondary N) is 1. The van der Waals surface area contributed by atoms with Crippen LogP contribution in [0.25, 0.3) is 5.65 Å². The van der Waals surface area contributed by atoms with Crippen molar-refractivity contribution >= 4 is 5.65 Å². The third-order valence-electron chi connectivity index (χ3n) is 5.34. The zero-order valence-corrected chi connectivity index (χ0v) is 12.9. The number of nitrogens with zero attached hydrogens (tertiary/aromatic N) is 3. The standard InChI is InChI=1S/C17H24N4/c1-3-16-15-8-18-7-13(15)9-21(16)11-14-10-20-6-4-5-12(2)17(20)19-14/h4-6,10,13,15-16,18H,3,7-9,11H2,1-2H3. The fourth-order valence-electron chi connectivity index (χ4n) is 4.34. The maximum Gasteiger partial charge on any atom is 0.139 e. The molecular weight excluding hydrogens is 260 g/mol. The third-order valence-corrected chi connectivity index (χ3v) is 5.34. The highest BCUT2D eigenvalue weighted by molar-refractivity contribution is 5.47. The number of pyridine rings is 1. The van der Waals surface area contributed by atoms with Gasteiger partial charge in [-0.3, -0.25) is 4.90 Å². The monoisotopic (exact) mass is 284 g/mol. The topological polar surface area (TPSA) is 32.6 Å². The van der Waals surface area contributed by atoms with Gasteiger partial charge < -0.3 is 9.72 Å². The fraction of sp³-hybridized carbons (Fsp3) is 0.588. The summed E-state index contributed by atoms with van der Waals surface area (Å²) in [6.07, 6.45) is 5.54. The molecule has 2 aliphatic heterocycles. The molecule has 112 valence electrons. The van der Waals surface area contributed by atoms with Crippen molar-refractivity contribution in [2.24, 2.45) is 11.8 Å². The largest absolute Gasteiger partial charge is 0.316 e. The van der Waals surface area contributed by atoms with E-state index in [1.165, 1.54) is 37.3 Å². The van der Waals surface area contributed by atoms with E-state index in [-0.39, 0.29) is 0 Å². The molecule has 3 unspecified atom stereocenters. The van der Waals surface area contributed by atoms with Crippen LogP contribution in [-0.2, 0) is 6.54 Å². The van der Waals surface area contributed by atoms with E-state index in [4.69, 9.17) is 4.98 Å². The van der Waals surface area contributed by atoms with Gasteiger partial charge in [-0.25, -0.2) is 4.98 Å². The van der Waals surface area contributed by atoms with Gasteiger partial charge in [-0.2, -0.15) is 0 Å². The maximum absolute atomic E-state index is 4.84. The summed E-state index contributed by atoms with van der Waals surface area (Å²) >= 11 is 0. The lowest BCUT2D eigenvalue weighted by molar-refractivity contribution is 0.208. The van der Waals surface area contributed by atoms with Gasteiger partial charge in [0.2, 0.25) is 0 Å². The molecule has 0 aliphatic carbocycles. The van der Waals surface area contributed by atoms with E-state index in [0.717, 1.165) is 30.1 Å². The molecule has 4 nitrogen and oxygen atoms in total. The van der Waals surface area contributed by atoms with Crippen molar-refractivity contribution in [2.45, 2.75) is 32.9 Å². The normalized spacial score (nSPS) is 29.3. The molecule has 0 saturated carbocycles. The lowest BCUT2D eigenvalue weighted by Gasteiger charge is -2.25. The Labute approximate surface area is 126 Å². The van der Waals surface area contributed by atoms with Crippen LogP contribution in [0.3, 0.4) is 0 Å². The van der Waals surface area contributed by atoms with Crippen molar-refractivity contribution < 1.29 is 0 Å².